The Labute approximate surface area is 76.9 Å². The van der Waals surface area contributed by atoms with Gasteiger partial charge < -0.3 is 5.32 Å². The first-order valence-electron chi connectivity index (χ1n) is 5.16. The third-order valence-electron chi connectivity index (χ3n) is 3.06. The molecule has 1 nitrogen and oxygen atoms in total. The van der Waals surface area contributed by atoms with Crippen LogP contribution >= 0.6 is 0 Å². The highest BCUT2D eigenvalue weighted by Gasteiger charge is 2.24. The third-order valence-corrected chi connectivity index (χ3v) is 3.06. The van der Waals surface area contributed by atoms with Crippen LogP contribution in [-0.2, 0) is 0 Å². The number of hydrogen-bond acceptors (Lipinski definition) is 1. The first-order chi connectivity index (χ1) is 5.41. The molecule has 0 aromatic rings. The zero-order valence-corrected chi connectivity index (χ0v) is 9.04. The minimum Gasteiger partial charge on any atom is -0.312 e. The predicted octanol–water partition coefficient (Wildman–Crippen LogP) is 2.95. The van der Waals surface area contributed by atoms with Crippen molar-refractivity contribution in [2.45, 2.75) is 58.9 Å². The fraction of sp³-hybridized carbons (Fsp3) is 1.00. The van der Waals surface area contributed by atoms with Crippen LogP contribution in [0.5, 0.6) is 0 Å². The van der Waals surface area contributed by atoms with Crippen LogP contribution in [0.2, 0.25) is 0 Å². The van der Waals surface area contributed by atoms with Crippen LogP contribution in [0.25, 0.3) is 0 Å². The average Bonchev–Trinajstić information content (AvgIpc) is 1.82. The molecule has 1 saturated heterocycles. The summed E-state index contributed by atoms with van der Waals surface area (Å²) in [5, 5.41) is 3.62. The minimum absolute atomic E-state index is 0.372. The normalized spacial score (nSPS) is 29.0. The van der Waals surface area contributed by atoms with E-state index < -0.39 is 0 Å². The maximum absolute atomic E-state index is 3.62. The molecule has 1 heterocycles. The van der Waals surface area contributed by atoms with Crippen molar-refractivity contribution in [3.05, 3.63) is 0 Å². The molecule has 1 aliphatic heterocycles. The Morgan fingerprint density at radius 2 is 1.58 bits per heavy atom. The lowest BCUT2D eigenvalue weighted by Crippen LogP contribution is -2.42. The van der Waals surface area contributed by atoms with Gasteiger partial charge in [-0.25, -0.2) is 0 Å². The molecule has 1 N–H and O–H groups in total. The highest BCUT2D eigenvalue weighted by Crippen LogP contribution is 2.30. The summed E-state index contributed by atoms with van der Waals surface area (Å²) in [5.41, 5.74) is 0.931. The van der Waals surface area contributed by atoms with Crippen LogP contribution in [0, 0.1) is 5.41 Å². The van der Waals surface area contributed by atoms with Crippen LogP contribution in [0.4, 0.5) is 0 Å². The van der Waals surface area contributed by atoms with E-state index in [0.717, 1.165) is 0 Å². The number of rotatable bonds is 0. The number of nitrogens with one attached hydrogen (secondary N) is 1. The maximum Gasteiger partial charge on any atom is 0.0125 e. The lowest BCUT2D eigenvalue weighted by molar-refractivity contribution is 0.222. The zero-order valence-electron chi connectivity index (χ0n) is 9.04. The van der Waals surface area contributed by atoms with Crippen molar-refractivity contribution in [1.29, 1.82) is 0 Å². The molecule has 1 rings (SSSR count). The first kappa shape index (κ1) is 10.0. The van der Waals surface area contributed by atoms with Gasteiger partial charge in [0.25, 0.3) is 0 Å². The molecule has 1 aliphatic rings. The van der Waals surface area contributed by atoms with E-state index in [1.807, 2.05) is 0 Å². The third kappa shape index (κ3) is 3.14. The van der Waals surface area contributed by atoms with Crippen molar-refractivity contribution in [2.75, 3.05) is 6.54 Å². The topological polar surface area (TPSA) is 12.0 Å². The molecule has 0 aliphatic carbocycles. The Morgan fingerprint density at radius 3 is 2.25 bits per heavy atom. The van der Waals surface area contributed by atoms with Gasteiger partial charge in [0.2, 0.25) is 0 Å². The fourth-order valence-corrected chi connectivity index (χ4v) is 1.96. The second-order valence-corrected chi connectivity index (χ2v) is 5.58. The van der Waals surface area contributed by atoms with Crippen LogP contribution in [0.15, 0.2) is 0 Å². The van der Waals surface area contributed by atoms with E-state index in [2.05, 4.69) is 33.0 Å². The SMILES string of the molecule is CC1(C)CCCC(C)(C)NCC1. The minimum atomic E-state index is 0.372. The molecule has 1 heteroatoms. The smallest absolute Gasteiger partial charge is 0.0125 e. The quantitative estimate of drug-likeness (QED) is 0.588. The van der Waals surface area contributed by atoms with Crippen molar-refractivity contribution in [3.8, 4) is 0 Å². The van der Waals surface area contributed by atoms with Crippen LogP contribution in [-0.4, -0.2) is 12.1 Å². The summed E-state index contributed by atoms with van der Waals surface area (Å²) in [5.74, 6) is 0. The Hall–Kier alpha value is -0.0400. The van der Waals surface area contributed by atoms with Crippen LogP contribution in [0.1, 0.15) is 53.4 Å². The molecular formula is C11H23N. The van der Waals surface area contributed by atoms with E-state index in [-0.39, 0.29) is 0 Å². The van der Waals surface area contributed by atoms with Gasteiger partial charge in [-0.3, -0.25) is 0 Å². The lowest BCUT2D eigenvalue weighted by Gasteiger charge is -2.34. The Morgan fingerprint density at radius 1 is 0.917 bits per heavy atom. The molecule has 0 amide bonds. The Balaban J connectivity index is 2.45. The van der Waals surface area contributed by atoms with E-state index >= 15 is 0 Å². The maximum atomic E-state index is 3.62. The summed E-state index contributed by atoms with van der Waals surface area (Å²) in [6.45, 7) is 10.6. The summed E-state index contributed by atoms with van der Waals surface area (Å²) < 4.78 is 0. The van der Waals surface area contributed by atoms with Gasteiger partial charge in [-0.15, -0.1) is 0 Å². The molecule has 12 heavy (non-hydrogen) atoms. The molecule has 0 atom stereocenters. The van der Waals surface area contributed by atoms with E-state index in [1.54, 1.807) is 0 Å². The summed E-state index contributed by atoms with van der Waals surface area (Å²) in [4.78, 5) is 0. The fourth-order valence-electron chi connectivity index (χ4n) is 1.96. The summed E-state index contributed by atoms with van der Waals surface area (Å²) in [7, 11) is 0. The monoisotopic (exact) mass is 169 g/mol. The largest absolute Gasteiger partial charge is 0.312 e. The second kappa shape index (κ2) is 3.37. The van der Waals surface area contributed by atoms with E-state index in [0.29, 0.717) is 11.0 Å². The summed E-state index contributed by atoms with van der Waals surface area (Å²) >= 11 is 0. The van der Waals surface area contributed by atoms with E-state index in [4.69, 9.17) is 0 Å². The zero-order chi connectivity index (χ0) is 9.24. The van der Waals surface area contributed by atoms with Gasteiger partial charge in [0, 0.05) is 5.54 Å². The molecular weight excluding hydrogens is 146 g/mol. The molecule has 0 aromatic carbocycles. The van der Waals surface area contributed by atoms with E-state index in [1.165, 1.54) is 32.2 Å². The molecule has 0 unspecified atom stereocenters. The first-order valence-corrected chi connectivity index (χ1v) is 5.16. The Bertz CT molecular complexity index is 117. The molecule has 0 radical (unpaired) electrons. The molecule has 72 valence electrons. The van der Waals surface area contributed by atoms with Gasteiger partial charge in [0.15, 0.2) is 0 Å². The molecule has 0 saturated carbocycles. The molecule has 0 bridgehead atoms. The Kier molecular flexibility index (Phi) is 2.82. The van der Waals surface area contributed by atoms with Gasteiger partial charge in [-0.1, -0.05) is 20.3 Å². The van der Waals surface area contributed by atoms with Crippen LogP contribution in [0.3, 0.4) is 0 Å². The molecule has 1 fully saturated rings. The summed E-state index contributed by atoms with van der Waals surface area (Å²) in [6, 6.07) is 0. The molecule has 0 spiro atoms. The van der Waals surface area contributed by atoms with Gasteiger partial charge in [-0.05, 0) is 45.1 Å². The van der Waals surface area contributed by atoms with Gasteiger partial charge in [0.05, 0.1) is 0 Å². The predicted molar refractivity (Wildman–Crippen MR) is 54.3 cm³/mol. The van der Waals surface area contributed by atoms with Crippen molar-refractivity contribution >= 4 is 0 Å². The van der Waals surface area contributed by atoms with E-state index in [9.17, 15) is 0 Å². The highest BCUT2D eigenvalue weighted by molar-refractivity contribution is 4.83. The average molecular weight is 169 g/mol. The van der Waals surface area contributed by atoms with Crippen molar-refractivity contribution in [1.82, 2.24) is 5.32 Å². The van der Waals surface area contributed by atoms with Crippen molar-refractivity contribution < 1.29 is 0 Å². The van der Waals surface area contributed by atoms with Crippen LogP contribution < -0.4 is 5.32 Å². The van der Waals surface area contributed by atoms with Crippen molar-refractivity contribution in [2.24, 2.45) is 5.41 Å². The molecule has 0 aromatic heterocycles. The van der Waals surface area contributed by atoms with Gasteiger partial charge in [-0.2, -0.15) is 0 Å². The van der Waals surface area contributed by atoms with Gasteiger partial charge >= 0.3 is 0 Å². The van der Waals surface area contributed by atoms with Crippen molar-refractivity contribution in [3.63, 3.8) is 0 Å². The summed E-state index contributed by atoms with van der Waals surface area (Å²) in [6.07, 6.45) is 5.39. The highest BCUT2D eigenvalue weighted by atomic mass is 14.9. The number of hydrogen-bond donors (Lipinski definition) is 1. The lowest BCUT2D eigenvalue weighted by atomic mass is 9.80. The standard InChI is InChI=1S/C11H23N/c1-10(2)6-5-7-11(3,4)12-9-8-10/h12H,5-9H2,1-4H3. The van der Waals surface area contributed by atoms with Gasteiger partial charge in [0.1, 0.15) is 0 Å². The second-order valence-electron chi connectivity index (χ2n) is 5.58.